The Morgan fingerprint density at radius 3 is 2.80 bits per heavy atom. The highest BCUT2D eigenvalue weighted by molar-refractivity contribution is 5.68. The van der Waals surface area contributed by atoms with Gasteiger partial charge in [0.15, 0.2) is 6.23 Å². The number of hydrogen-bond donors (Lipinski definition) is 0. The van der Waals surface area contributed by atoms with Gasteiger partial charge < -0.3 is 9.47 Å². The lowest BCUT2D eigenvalue weighted by Crippen LogP contribution is -2.42. The first-order valence-corrected chi connectivity index (χ1v) is 6.90. The summed E-state index contributed by atoms with van der Waals surface area (Å²) in [6.07, 6.45) is 2.14. The molecule has 0 bridgehead atoms. The molecule has 0 N–H and O–H groups in total. The summed E-state index contributed by atoms with van der Waals surface area (Å²) in [6, 6.07) is 9.65. The quantitative estimate of drug-likeness (QED) is 0.794. The Hall–Kier alpha value is -1.81. The van der Waals surface area contributed by atoms with E-state index in [0.717, 1.165) is 30.4 Å². The Balaban J connectivity index is 1.97. The second-order valence-electron chi connectivity index (χ2n) is 4.94. The first kappa shape index (κ1) is 14.6. The van der Waals surface area contributed by atoms with Crippen molar-refractivity contribution in [3.05, 3.63) is 48.0 Å². The third-order valence-corrected chi connectivity index (χ3v) is 3.44. The van der Waals surface area contributed by atoms with Gasteiger partial charge in [-0.3, -0.25) is 4.90 Å². The van der Waals surface area contributed by atoms with Crippen molar-refractivity contribution in [3.63, 3.8) is 0 Å². The SMILES string of the molecule is C=C1CCCCN(C(=O)OCc2ccccc2)C1OC. The van der Waals surface area contributed by atoms with Crippen molar-refractivity contribution in [3.8, 4) is 0 Å². The maximum Gasteiger partial charge on any atom is 0.412 e. The van der Waals surface area contributed by atoms with E-state index in [0.29, 0.717) is 6.54 Å². The van der Waals surface area contributed by atoms with Crippen LogP contribution in [-0.4, -0.2) is 30.9 Å². The highest BCUT2D eigenvalue weighted by Crippen LogP contribution is 2.22. The molecule has 1 heterocycles. The fourth-order valence-corrected chi connectivity index (χ4v) is 2.38. The van der Waals surface area contributed by atoms with Crippen LogP contribution in [-0.2, 0) is 16.1 Å². The molecule has 1 aromatic carbocycles. The number of hydrogen-bond acceptors (Lipinski definition) is 3. The van der Waals surface area contributed by atoms with Gasteiger partial charge in [-0.2, -0.15) is 0 Å². The minimum Gasteiger partial charge on any atom is -0.444 e. The van der Waals surface area contributed by atoms with E-state index in [-0.39, 0.29) is 18.9 Å². The summed E-state index contributed by atoms with van der Waals surface area (Å²) in [7, 11) is 1.60. The number of carbonyl (C=O) groups is 1. The first-order valence-electron chi connectivity index (χ1n) is 6.90. The average Bonchev–Trinajstić information content (AvgIpc) is 2.67. The van der Waals surface area contributed by atoms with E-state index >= 15 is 0 Å². The zero-order valence-corrected chi connectivity index (χ0v) is 11.9. The Labute approximate surface area is 120 Å². The number of rotatable bonds is 3. The monoisotopic (exact) mass is 275 g/mol. The Morgan fingerprint density at radius 1 is 1.35 bits per heavy atom. The number of carbonyl (C=O) groups excluding carboxylic acids is 1. The first-order chi connectivity index (χ1) is 9.72. The van der Waals surface area contributed by atoms with Crippen LogP contribution < -0.4 is 0 Å². The largest absolute Gasteiger partial charge is 0.444 e. The van der Waals surface area contributed by atoms with E-state index in [1.54, 1.807) is 12.0 Å². The van der Waals surface area contributed by atoms with Gasteiger partial charge in [0.1, 0.15) is 6.61 Å². The van der Waals surface area contributed by atoms with E-state index in [2.05, 4.69) is 6.58 Å². The Morgan fingerprint density at radius 2 is 2.10 bits per heavy atom. The second-order valence-corrected chi connectivity index (χ2v) is 4.94. The fourth-order valence-electron chi connectivity index (χ4n) is 2.38. The molecule has 4 heteroatoms. The Kier molecular flexibility index (Phi) is 5.18. The van der Waals surface area contributed by atoms with Crippen LogP contribution in [0.5, 0.6) is 0 Å². The molecule has 108 valence electrons. The van der Waals surface area contributed by atoms with Crippen LogP contribution in [0.4, 0.5) is 4.79 Å². The van der Waals surface area contributed by atoms with Gasteiger partial charge in [0.25, 0.3) is 0 Å². The number of amides is 1. The molecule has 0 spiro atoms. The standard InChI is InChI=1S/C16H21NO3/c1-13-8-6-7-11-17(15(13)19-2)16(18)20-12-14-9-4-3-5-10-14/h3-5,9-10,15H,1,6-8,11-12H2,2H3. The molecule has 4 nitrogen and oxygen atoms in total. The number of methoxy groups -OCH3 is 1. The molecule has 1 aromatic rings. The van der Waals surface area contributed by atoms with Gasteiger partial charge in [-0.25, -0.2) is 4.79 Å². The summed E-state index contributed by atoms with van der Waals surface area (Å²) in [4.78, 5) is 13.8. The molecule has 1 amide bonds. The van der Waals surface area contributed by atoms with Crippen molar-refractivity contribution >= 4 is 6.09 Å². The summed E-state index contributed by atoms with van der Waals surface area (Å²) in [5, 5.41) is 0. The van der Waals surface area contributed by atoms with Gasteiger partial charge >= 0.3 is 6.09 Å². The summed E-state index contributed by atoms with van der Waals surface area (Å²) < 4.78 is 10.8. The molecule has 0 aromatic heterocycles. The highest BCUT2D eigenvalue weighted by atomic mass is 16.6. The van der Waals surface area contributed by atoms with Crippen molar-refractivity contribution < 1.29 is 14.3 Å². The predicted molar refractivity (Wildman–Crippen MR) is 77.1 cm³/mol. The summed E-state index contributed by atoms with van der Waals surface area (Å²) in [5.74, 6) is 0. The molecular formula is C16H21NO3. The van der Waals surface area contributed by atoms with Crippen LogP contribution in [0.25, 0.3) is 0 Å². The number of likely N-dealkylation sites (tertiary alicyclic amines) is 1. The molecule has 0 saturated carbocycles. The normalized spacial score (nSPS) is 19.6. The van der Waals surface area contributed by atoms with Crippen molar-refractivity contribution in [2.45, 2.75) is 32.1 Å². The topological polar surface area (TPSA) is 38.8 Å². The third-order valence-electron chi connectivity index (χ3n) is 3.44. The lowest BCUT2D eigenvalue weighted by Gasteiger charge is -2.28. The highest BCUT2D eigenvalue weighted by Gasteiger charge is 2.28. The molecule has 20 heavy (non-hydrogen) atoms. The second kappa shape index (κ2) is 7.10. The van der Waals surface area contributed by atoms with E-state index in [9.17, 15) is 4.79 Å². The maximum atomic E-state index is 12.2. The van der Waals surface area contributed by atoms with Crippen LogP contribution in [0.2, 0.25) is 0 Å². The zero-order valence-electron chi connectivity index (χ0n) is 11.9. The molecule has 1 fully saturated rings. The Bertz CT molecular complexity index is 458. The van der Waals surface area contributed by atoms with Crippen LogP contribution >= 0.6 is 0 Å². The third kappa shape index (κ3) is 3.61. The van der Waals surface area contributed by atoms with Crippen LogP contribution in [0.3, 0.4) is 0 Å². The van der Waals surface area contributed by atoms with E-state index in [1.165, 1.54) is 0 Å². The zero-order chi connectivity index (χ0) is 14.4. The van der Waals surface area contributed by atoms with Crippen molar-refractivity contribution in [1.82, 2.24) is 4.90 Å². The molecule has 0 radical (unpaired) electrons. The van der Waals surface area contributed by atoms with Crippen molar-refractivity contribution in [2.75, 3.05) is 13.7 Å². The molecule has 2 rings (SSSR count). The smallest absolute Gasteiger partial charge is 0.412 e. The van der Waals surface area contributed by atoms with Crippen LogP contribution in [0.15, 0.2) is 42.5 Å². The van der Waals surface area contributed by atoms with Gasteiger partial charge in [-0.05, 0) is 30.4 Å². The number of nitrogens with zero attached hydrogens (tertiary/aromatic N) is 1. The molecule has 1 aliphatic heterocycles. The van der Waals surface area contributed by atoms with Crippen molar-refractivity contribution in [1.29, 1.82) is 0 Å². The molecule has 1 saturated heterocycles. The van der Waals surface area contributed by atoms with Crippen molar-refractivity contribution in [2.24, 2.45) is 0 Å². The average molecular weight is 275 g/mol. The minimum atomic E-state index is -0.374. The maximum absolute atomic E-state index is 12.2. The molecule has 1 atom stereocenters. The van der Waals surface area contributed by atoms with Gasteiger partial charge in [0, 0.05) is 13.7 Å². The minimum absolute atomic E-state index is 0.277. The van der Waals surface area contributed by atoms with Gasteiger partial charge in [-0.15, -0.1) is 0 Å². The number of benzene rings is 1. The van der Waals surface area contributed by atoms with Gasteiger partial charge in [-0.1, -0.05) is 36.9 Å². The van der Waals surface area contributed by atoms with Crippen LogP contribution in [0, 0.1) is 0 Å². The lowest BCUT2D eigenvalue weighted by molar-refractivity contribution is -0.00730. The fraction of sp³-hybridized carbons (Fsp3) is 0.438. The predicted octanol–water partition coefficient (Wildman–Crippen LogP) is 3.34. The summed E-state index contributed by atoms with van der Waals surface area (Å²) in [6.45, 7) is 4.92. The molecular weight excluding hydrogens is 254 g/mol. The summed E-state index contributed by atoms with van der Waals surface area (Å²) >= 11 is 0. The number of ether oxygens (including phenoxy) is 2. The van der Waals surface area contributed by atoms with E-state index in [1.807, 2.05) is 30.3 Å². The summed E-state index contributed by atoms with van der Waals surface area (Å²) in [5.41, 5.74) is 1.91. The van der Waals surface area contributed by atoms with E-state index in [4.69, 9.17) is 9.47 Å². The van der Waals surface area contributed by atoms with Crippen LogP contribution in [0.1, 0.15) is 24.8 Å². The van der Waals surface area contributed by atoms with Gasteiger partial charge in [0.05, 0.1) is 0 Å². The molecule has 0 aliphatic carbocycles. The molecule has 1 unspecified atom stereocenters. The molecule has 1 aliphatic rings. The van der Waals surface area contributed by atoms with Gasteiger partial charge in [0.2, 0.25) is 0 Å². The lowest BCUT2D eigenvalue weighted by atomic mass is 10.1. The van der Waals surface area contributed by atoms with E-state index < -0.39 is 0 Å².